The third-order valence-corrected chi connectivity index (χ3v) is 6.59. The summed E-state index contributed by atoms with van der Waals surface area (Å²) < 4.78 is 11.6. The second-order valence-corrected chi connectivity index (χ2v) is 8.76. The van der Waals surface area contributed by atoms with Crippen molar-refractivity contribution in [3.8, 4) is 11.1 Å². The van der Waals surface area contributed by atoms with Crippen LogP contribution in [0.4, 0.5) is 5.69 Å². The van der Waals surface area contributed by atoms with E-state index in [1.165, 1.54) is 22.3 Å². The highest BCUT2D eigenvalue weighted by molar-refractivity contribution is 5.85. The van der Waals surface area contributed by atoms with Gasteiger partial charge in [0.1, 0.15) is 0 Å². The highest BCUT2D eigenvalue weighted by atomic mass is 16.6. The third-order valence-electron chi connectivity index (χ3n) is 6.59. The average Bonchev–Trinajstić information content (AvgIpc) is 2.96. The van der Waals surface area contributed by atoms with E-state index >= 15 is 0 Å². The molecule has 0 spiro atoms. The number of hydrogen-bond donors (Lipinski definition) is 1. The molecule has 0 radical (unpaired) electrons. The van der Waals surface area contributed by atoms with Crippen LogP contribution in [0.2, 0.25) is 0 Å². The molecular weight excluding hydrogens is 360 g/mol. The van der Waals surface area contributed by atoms with Gasteiger partial charge >= 0.3 is 0 Å². The lowest BCUT2D eigenvalue weighted by molar-refractivity contribution is -0.164. The standard InChI is InChI=1S/C25H30N2O2/c1-17(25(4)16-28-11-12-29-25)18(14-26)15-27-19-9-10-23-21(13-19)20-7-5-6-8-22(20)24(23,2)3/h5-10,13-15,17H,11-12,16,26H2,1-4H3. The minimum atomic E-state index is -0.392. The van der Waals surface area contributed by atoms with Gasteiger partial charge in [-0.15, -0.1) is 0 Å². The fourth-order valence-electron chi connectivity index (χ4n) is 4.49. The van der Waals surface area contributed by atoms with Gasteiger partial charge in [0.15, 0.2) is 0 Å². The minimum absolute atomic E-state index is 0.0118. The summed E-state index contributed by atoms with van der Waals surface area (Å²) in [4.78, 5) is 4.75. The summed E-state index contributed by atoms with van der Waals surface area (Å²) in [6.45, 7) is 10.6. The number of hydrogen-bond acceptors (Lipinski definition) is 4. The van der Waals surface area contributed by atoms with Crippen LogP contribution in [0.15, 0.2) is 59.2 Å². The van der Waals surface area contributed by atoms with Crippen LogP contribution in [0.1, 0.15) is 38.8 Å². The van der Waals surface area contributed by atoms with E-state index in [-0.39, 0.29) is 11.3 Å². The van der Waals surface area contributed by atoms with E-state index in [4.69, 9.17) is 20.2 Å². The molecule has 2 aromatic carbocycles. The van der Waals surface area contributed by atoms with Crippen LogP contribution in [-0.4, -0.2) is 31.6 Å². The van der Waals surface area contributed by atoms with Crippen molar-refractivity contribution in [1.29, 1.82) is 0 Å². The SMILES string of the molecule is CC(C(C=Nc1ccc2c(c1)-c1ccccc1C2(C)C)=CN)C1(C)COCCO1. The summed E-state index contributed by atoms with van der Waals surface area (Å²) in [5.41, 5.74) is 12.7. The normalized spacial score (nSPS) is 24.3. The Morgan fingerprint density at radius 3 is 2.55 bits per heavy atom. The molecule has 152 valence electrons. The van der Waals surface area contributed by atoms with Crippen molar-refractivity contribution >= 4 is 11.9 Å². The lowest BCUT2D eigenvalue weighted by Crippen LogP contribution is -2.46. The van der Waals surface area contributed by atoms with Crippen LogP contribution in [0.5, 0.6) is 0 Å². The van der Waals surface area contributed by atoms with Gasteiger partial charge < -0.3 is 15.2 Å². The van der Waals surface area contributed by atoms with Crippen molar-refractivity contribution in [2.75, 3.05) is 19.8 Å². The second kappa shape index (κ2) is 7.43. The fourth-order valence-corrected chi connectivity index (χ4v) is 4.49. The highest BCUT2D eigenvalue weighted by Gasteiger charge is 2.37. The van der Waals surface area contributed by atoms with Gasteiger partial charge in [-0.05, 0) is 53.1 Å². The van der Waals surface area contributed by atoms with E-state index in [0.29, 0.717) is 19.8 Å². The predicted octanol–water partition coefficient (Wildman–Crippen LogP) is 4.98. The van der Waals surface area contributed by atoms with Gasteiger partial charge in [-0.2, -0.15) is 0 Å². The smallest absolute Gasteiger partial charge is 0.0954 e. The van der Waals surface area contributed by atoms with Crippen LogP contribution in [0.25, 0.3) is 11.1 Å². The molecule has 4 nitrogen and oxygen atoms in total. The summed E-state index contributed by atoms with van der Waals surface area (Å²) in [6.07, 6.45) is 3.49. The summed E-state index contributed by atoms with van der Waals surface area (Å²) >= 11 is 0. The average molecular weight is 391 g/mol. The maximum Gasteiger partial charge on any atom is 0.0954 e. The Morgan fingerprint density at radius 2 is 1.83 bits per heavy atom. The predicted molar refractivity (Wildman–Crippen MR) is 119 cm³/mol. The zero-order chi connectivity index (χ0) is 20.6. The van der Waals surface area contributed by atoms with E-state index < -0.39 is 5.60 Å². The molecule has 2 unspecified atom stereocenters. The van der Waals surface area contributed by atoms with Gasteiger partial charge in [0.2, 0.25) is 0 Å². The molecule has 1 fully saturated rings. The second-order valence-electron chi connectivity index (χ2n) is 8.76. The largest absolute Gasteiger partial charge is 0.404 e. The Morgan fingerprint density at radius 1 is 1.07 bits per heavy atom. The Labute approximate surface area is 173 Å². The molecule has 1 aliphatic heterocycles. The molecular formula is C25H30N2O2. The Hall–Kier alpha value is -2.43. The number of nitrogens with zero attached hydrogens (tertiary/aromatic N) is 1. The number of fused-ring (bicyclic) bond motifs is 3. The topological polar surface area (TPSA) is 56.8 Å². The molecule has 2 atom stereocenters. The Kier molecular flexibility index (Phi) is 5.09. The van der Waals surface area contributed by atoms with Crippen molar-refractivity contribution in [2.24, 2.45) is 16.6 Å². The van der Waals surface area contributed by atoms with E-state index in [0.717, 1.165) is 11.3 Å². The van der Waals surface area contributed by atoms with Crippen molar-refractivity contribution in [3.05, 3.63) is 65.4 Å². The van der Waals surface area contributed by atoms with Gasteiger partial charge in [-0.1, -0.05) is 51.1 Å². The molecule has 0 aromatic heterocycles. The summed E-state index contributed by atoms with van der Waals surface area (Å²) in [5.74, 6) is 0.0747. The van der Waals surface area contributed by atoms with Crippen molar-refractivity contribution in [3.63, 3.8) is 0 Å². The van der Waals surface area contributed by atoms with Crippen LogP contribution in [0, 0.1) is 5.92 Å². The zero-order valence-electron chi connectivity index (χ0n) is 17.7. The highest BCUT2D eigenvalue weighted by Crippen LogP contribution is 2.49. The molecule has 2 aromatic rings. The molecule has 1 heterocycles. The van der Waals surface area contributed by atoms with Gasteiger partial charge in [-0.3, -0.25) is 4.99 Å². The molecule has 4 heteroatoms. The van der Waals surface area contributed by atoms with Crippen molar-refractivity contribution in [2.45, 2.75) is 38.7 Å². The van der Waals surface area contributed by atoms with Crippen molar-refractivity contribution in [1.82, 2.24) is 0 Å². The first-order valence-corrected chi connectivity index (χ1v) is 10.3. The molecule has 0 bridgehead atoms. The number of aliphatic imine (C=N–C) groups is 1. The van der Waals surface area contributed by atoms with Crippen LogP contribution in [0.3, 0.4) is 0 Å². The van der Waals surface area contributed by atoms with Gasteiger partial charge in [0, 0.05) is 17.5 Å². The van der Waals surface area contributed by atoms with E-state index in [1.807, 2.05) is 6.21 Å². The van der Waals surface area contributed by atoms with Gasteiger partial charge in [0.25, 0.3) is 0 Å². The molecule has 4 rings (SSSR count). The van der Waals surface area contributed by atoms with Crippen molar-refractivity contribution < 1.29 is 9.47 Å². The first-order chi connectivity index (χ1) is 13.9. The molecule has 29 heavy (non-hydrogen) atoms. The molecule has 2 N–H and O–H groups in total. The van der Waals surface area contributed by atoms with Gasteiger partial charge in [0.05, 0.1) is 31.1 Å². The summed E-state index contributed by atoms with van der Waals surface area (Å²) in [6, 6.07) is 15.1. The zero-order valence-corrected chi connectivity index (χ0v) is 17.7. The molecule has 1 saturated heterocycles. The molecule has 0 amide bonds. The summed E-state index contributed by atoms with van der Waals surface area (Å²) in [5, 5.41) is 0. The third kappa shape index (κ3) is 3.41. The maximum absolute atomic E-state index is 6.00. The molecule has 1 aliphatic carbocycles. The number of benzene rings is 2. The lowest BCUT2D eigenvalue weighted by atomic mass is 9.82. The van der Waals surface area contributed by atoms with E-state index in [1.54, 1.807) is 6.20 Å². The van der Waals surface area contributed by atoms with E-state index in [2.05, 4.69) is 70.2 Å². The van der Waals surface area contributed by atoms with Crippen LogP contribution in [-0.2, 0) is 14.9 Å². The number of nitrogens with two attached hydrogens (primary N) is 1. The lowest BCUT2D eigenvalue weighted by Gasteiger charge is -2.39. The summed E-state index contributed by atoms with van der Waals surface area (Å²) in [7, 11) is 0. The number of ether oxygens (including phenoxy) is 2. The minimum Gasteiger partial charge on any atom is -0.404 e. The molecule has 0 saturated carbocycles. The van der Waals surface area contributed by atoms with Gasteiger partial charge in [-0.25, -0.2) is 0 Å². The first-order valence-electron chi connectivity index (χ1n) is 10.3. The maximum atomic E-state index is 6.00. The molecule has 2 aliphatic rings. The van der Waals surface area contributed by atoms with Crippen LogP contribution < -0.4 is 5.73 Å². The number of rotatable bonds is 4. The Balaban J connectivity index is 1.62. The monoisotopic (exact) mass is 390 g/mol. The Bertz CT molecular complexity index is 969. The fraction of sp³-hybridized carbons (Fsp3) is 0.400. The quantitative estimate of drug-likeness (QED) is 0.749. The van der Waals surface area contributed by atoms with E-state index in [9.17, 15) is 0 Å². The van der Waals surface area contributed by atoms with Crippen LogP contribution >= 0.6 is 0 Å². The first kappa shape index (κ1) is 19.9.